The van der Waals surface area contributed by atoms with Crippen LogP contribution in [0, 0.1) is 0 Å². The summed E-state index contributed by atoms with van der Waals surface area (Å²) in [6.07, 6.45) is 11.2. The van der Waals surface area contributed by atoms with Gasteiger partial charge >= 0.3 is 0 Å². The summed E-state index contributed by atoms with van der Waals surface area (Å²) in [6, 6.07) is 0. The van der Waals surface area contributed by atoms with E-state index in [1.807, 2.05) is 18.8 Å². The number of allylic oxidation sites excluding steroid dienone is 6. The molecule has 0 spiro atoms. The number of thioether (sulfide) groups is 1. The van der Waals surface area contributed by atoms with E-state index in [4.69, 9.17) is 0 Å². The molecule has 0 fully saturated rings. The van der Waals surface area contributed by atoms with Gasteiger partial charge in [0.25, 0.3) is 0 Å². The Hall–Kier alpha value is -0.890. The quantitative estimate of drug-likeness (QED) is 0.774. The highest BCUT2D eigenvalue weighted by Crippen LogP contribution is 2.30. The van der Waals surface area contributed by atoms with Crippen LogP contribution in [0.4, 0.5) is 0 Å². The maximum absolute atomic E-state index is 3.31. The van der Waals surface area contributed by atoms with Gasteiger partial charge in [-0.15, -0.1) is 11.8 Å². The molecule has 17 heavy (non-hydrogen) atoms. The van der Waals surface area contributed by atoms with Crippen LogP contribution in [0.15, 0.2) is 46.1 Å². The van der Waals surface area contributed by atoms with Crippen LogP contribution in [0.25, 0.3) is 0 Å². The van der Waals surface area contributed by atoms with Gasteiger partial charge in [-0.25, -0.2) is 0 Å². The van der Waals surface area contributed by atoms with Crippen LogP contribution in [-0.4, -0.2) is 12.8 Å². The molecule has 0 aromatic rings. The molecule has 0 aliphatic heterocycles. The van der Waals surface area contributed by atoms with E-state index in [0.29, 0.717) is 0 Å². The van der Waals surface area contributed by atoms with Crippen LogP contribution in [0.3, 0.4) is 0 Å². The lowest BCUT2D eigenvalue weighted by atomic mass is 10.1. The van der Waals surface area contributed by atoms with Crippen molar-refractivity contribution in [3.8, 4) is 0 Å². The highest BCUT2D eigenvalue weighted by molar-refractivity contribution is 8.03. The molecule has 1 N–H and O–H groups in total. The Labute approximate surface area is 110 Å². The van der Waals surface area contributed by atoms with Crippen LogP contribution in [0.2, 0.25) is 0 Å². The minimum Gasteiger partial charge on any atom is -0.388 e. The molecule has 0 saturated carbocycles. The Balaban J connectivity index is 3.18. The van der Waals surface area contributed by atoms with Crippen LogP contribution in [0.5, 0.6) is 0 Å². The van der Waals surface area contributed by atoms with Crippen molar-refractivity contribution in [2.45, 2.75) is 33.6 Å². The van der Waals surface area contributed by atoms with Gasteiger partial charge < -0.3 is 5.32 Å². The first-order valence-electron chi connectivity index (χ1n) is 6.34. The summed E-state index contributed by atoms with van der Waals surface area (Å²) in [5, 5.41) is 3.31. The van der Waals surface area contributed by atoms with Crippen molar-refractivity contribution in [3.63, 3.8) is 0 Å². The summed E-state index contributed by atoms with van der Waals surface area (Å²) in [4.78, 5) is 1.37. The van der Waals surface area contributed by atoms with Gasteiger partial charge in [0.1, 0.15) is 0 Å². The highest BCUT2D eigenvalue weighted by Gasteiger charge is 2.10. The van der Waals surface area contributed by atoms with Crippen LogP contribution < -0.4 is 5.32 Å². The van der Waals surface area contributed by atoms with Gasteiger partial charge in [-0.05, 0) is 31.6 Å². The number of likely N-dealkylation sites (N-methyl/N-ethyl adjacent to an activating group) is 1. The molecular weight excluding hydrogens is 226 g/mol. The molecule has 0 unspecified atom stereocenters. The summed E-state index contributed by atoms with van der Waals surface area (Å²) in [5.74, 6) is 1.11. The molecule has 0 atom stereocenters. The van der Waals surface area contributed by atoms with Crippen molar-refractivity contribution < 1.29 is 0 Å². The lowest BCUT2D eigenvalue weighted by Gasteiger charge is -2.12. The van der Waals surface area contributed by atoms with E-state index in [2.05, 4.69) is 50.4 Å². The molecule has 1 aliphatic carbocycles. The minimum absolute atomic E-state index is 1.07. The lowest BCUT2D eigenvalue weighted by Crippen LogP contribution is -2.06. The predicted octanol–water partition coefficient (Wildman–Crippen LogP) is 4.41. The number of hydrogen-bond acceptors (Lipinski definition) is 2. The van der Waals surface area contributed by atoms with Gasteiger partial charge in [-0.2, -0.15) is 0 Å². The zero-order chi connectivity index (χ0) is 12.7. The molecule has 0 saturated heterocycles. The fraction of sp³-hybridized carbons (Fsp3) is 0.467. The van der Waals surface area contributed by atoms with E-state index in [1.165, 1.54) is 21.7 Å². The minimum atomic E-state index is 1.07. The second-order valence-electron chi connectivity index (χ2n) is 3.93. The molecule has 94 valence electrons. The molecule has 0 bridgehead atoms. The average Bonchev–Trinajstić information content (AvgIpc) is 2.57. The summed E-state index contributed by atoms with van der Waals surface area (Å²) in [7, 11) is 1.99. The SMILES string of the molecule is C/C=C(/SCC)C1=C(NC)C=CCC(CC)=C1. The molecule has 1 nitrogen and oxygen atoms in total. The van der Waals surface area contributed by atoms with Crippen molar-refractivity contribution in [2.24, 2.45) is 0 Å². The largest absolute Gasteiger partial charge is 0.388 e. The van der Waals surface area contributed by atoms with E-state index >= 15 is 0 Å². The second-order valence-corrected chi connectivity index (χ2v) is 5.23. The van der Waals surface area contributed by atoms with Gasteiger partial charge in [0.05, 0.1) is 0 Å². The molecule has 1 aliphatic rings. The first-order chi connectivity index (χ1) is 8.26. The van der Waals surface area contributed by atoms with Gasteiger partial charge in [0, 0.05) is 23.2 Å². The van der Waals surface area contributed by atoms with Crippen LogP contribution >= 0.6 is 11.8 Å². The number of rotatable bonds is 5. The van der Waals surface area contributed by atoms with Crippen molar-refractivity contribution in [1.29, 1.82) is 0 Å². The second kappa shape index (κ2) is 7.44. The van der Waals surface area contributed by atoms with Gasteiger partial charge in [-0.3, -0.25) is 0 Å². The van der Waals surface area contributed by atoms with Gasteiger partial charge in [0.2, 0.25) is 0 Å². The van der Waals surface area contributed by atoms with Crippen molar-refractivity contribution in [1.82, 2.24) is 5.32 Å². The first-order valence-corrected chi connectivity index (χ1v) is 7.32. The standard InChI is InChI=1S/C15H23NS/c1-5-12-9-8-10-14(16-4)13(11-12)15(6-2)17-7-3/h6,8,10-11,16H,5,7,9H2,1-4H3/b15-6+. The molecule has 2 heteroatoms. The highest BCUT2D eigenvalue weighted by atomic mass is 32.2. The Morgan fingerprint density at radius 1 is 1.47 bits per heavy atom. The van der Waals surface area contributed by atoms with Crippen molar-refractivity contribution in [3.05, 3.63) is 46.1 Å². The third-order valence-corrected chi connectivity index (χ3v) is 3.91. The van der Waals surface area contributed by atoms with Crippen LogP contribution in [-0.2, 0) is 0 Å². The van der Waals surface area contributed by atoms with Gasteiger partial charge in [-0.1, -0.05) is 37.6 Å². The number of nitrogens with one attached hydrogen (secondary N) is 1. The van der Waals surface area contributed by atoms with E-state index in [-0.39, 0.29) is 0 Å². The third kappa shape index (κ3) is 3.81. The Morgan fingerprint density at radius 2 is 2.24 bits per heavy atom. The molecule has 0 aromatic carbocycles. The maximum Gasteiger partial charge on any atom is 0.0419 e. The first kappa shape index (κ1) is 14.2. The predicted molar refractivity (Wildman–Crippen MR) is 80.1 cm³/mol. The molecule has 0 aromatic heterocycles. The monoisotopic (exact) mass is 249 g/mol. The van der Waals surface area contributed by atoms with Crippen LogP contribution in [0.1, 0.15) is 33.6 Å². The average molecular weight is 249 g/mol. The summed E-state index contributed by atoms with van der Waals surface area (Å²) < 4.78 is 0. The Kier molecular flexibility index (Phi) is 6.20. The summed E-state index contributed by atoms with van der Waals surface area (Å²) in [5.41, 5.74) is 4.06. The maximum atomic E-state index is 3.31. The molecular formula is C15H23NS. The van der Waals surface area contributed by atoms with Crippen molar-refractivity contribution >= 4 is 11.8 Å². The normalized spacial score (nSPS) is 16.9. The number of hydrogen-bond donors (Lipinski definition) is 1. The smallest absolute Gasteiger partial charge is 0.0419 e. The van der Waals surface area contributed by atoms with E-state index in [1.54, 1.807) is 0 Å². The molecule has 0 radical (unpaired) electrons. The Bertz CT molecular complexity index is 372. The zero-order valence-corrected chi connectivity index (χ0v) is 12.2. The third-order valence-electron chi connectivity index (χ3n) is 2.85. The Morgan fingerprint density at radius 3 is 2.76 bits per heavy atom. The van der Waals surface area contributed by atoms with E-state index in [0.717, 1.165) is 18.6 Å². The van der Waals surface area contributed by atoms with E-state index in [9.17, 15) is 0 Å². The summed E-state index contributed by atoms with van der Waals surface area (Å²) >= 11 is 1.91. The molecule has 0 amide bonds. The zero-order valence-electron chi connectivity index (χ0n) is 11.3. The summed E-state index contributed by atoms with van der Waals surface area (Å²) in [6.45, 7) is 6.54. The van der Waals surface area contributed by atoms with Crippen molar-refractivity contribution in [2.75, 3.05) is 12.8 Å². The molecule has 0 heterocycles. The topological polar surface area (TPSA) is 12.0 Å². The molecule has 1 rings (SSSR count). The fourth-order valence-electron chi connectivity index (χ4n) is 1.90. The van der Waals surface area contributed by atoms with Gasteiger partial charge in [0.15, 0.2) is 0 Å². The van der Waals surface area contributed by atoms with E-state index < -0.39 is 0 Å². The fourth-order valence-corrected chi connectivity index (χ4v) is 2.70. The lowest BCUT2D eigenvalue weighted by molar-refractivity contribution is 1.02.